The third-order valence-corrected chi connectivity index (χ3v) is 3.23. The Kier molecular flexibility index (Phi) is 4.38. The minimum absolute atomic E-state index is 0.434. The van der Waals surface area contributed by atoms with Crippen LogP contribution < -0.4 is 5.73 Å². The number of rotatable bonds is 6. The number of hydrogen-bond acceptors (Lipinski definition) is 6. The van der Waals surface area contributed by atoms with E-state index in [1.807, 2.05) is 11.9 Å². The second-order valence-corrected chi connectivity index (χ2v) is 5.23. The van der Waals surface area contributed by atoms with Crippen LogP contribution in [0.25, 0.3) is 0 Å². The second-order valence-electron chi connectivity index (χ2n) is 4.09. The Morgan fingerprint density at radius 3 is 2.84 bits per heavy atom. The lowest BCUT2D eigenvalue weighted by Gasteiger charge is -2.15. The van der Waals surface area contributed by atoms with Crippen LogP contribution in [0.1, 0.15) is 10.7 Å². The molecule has 19 heavy (non-hydrogen) atoms. The number of thiazole rings is 1. The Bertz CT molecular complexity index is 526. The van der Waals surface area contributed by atoms with Crippen LogP contribution in [-0.4, -0.2) is 38.1 Å². The molecule has 0 aromatic carbocycles. The lowest BCUT2D eigenvalue weighted by atomic mass is 10.4. The van der Waals surface area contributed by atoms with Crippen molar-refractivity contribution in [2.75, 3.05) is 12.8 Å². The van der Waals surface area contributed by atoms with E-state index in [4.69, 9.17) is 5.73 Å². The topological polar surface area (TPSA) is 72.9 Å². The molecule has 0 aliphatic carbocycles. The molecular weight excluding hydrogens is 274 g/mol. The molecule has 0 atom stereocenters. The molecule has 0 bridgehead atoms. The van der Waals surface area contributed by atoms with Crippen molar-refractivity contribution in [3.8, 4) is 0 Å². The summed E-state index contributed by atoms with van der Waals surface area (Å²) in [4.78, 5) is 10.9. The summed E-state index contributed by atoms with van der Waals surface area (Å²) in [5.41, 5.74) is 5.55. The minimum Gasteiger partial charge on any atom is -0.375 e. The number of halogens is 2. The normalized spacial score (nSPS) is 11.6. The van der Waals surface area contributed by atoms with Gasteiger partial charge in [-0.05, 0) is 7.05 Å². The maximum absolute atomic E-state index is 12.3. The van der Waals surface area contributed by atoms with Crippen LogP contribution >= 0.6 is 11.3 Å². The highest BCUT2D eigenvalue weighted by Crippen LogP contribution is 2.16. The van der Waals surface area contributed by atoms with Gasteiger partial charge >= 0.3 is 0 Å². The van der Waals surface area contributed by atoms with E-state index in [1.54, 1.807) is 6.20 Å². The third kappa shape index (κ3) is 3.93. The smallest absolute Gasteiger partial charge is 0.257 e. The van der Waals surface area contributed by atoms with Crippen molar-refractivity contribution in [1.82, 2.24) is 24.6 Å². The van der Waals surface area contributed by atoms with E-state index in [9.17, 15) is 8.78 Å². The van der Waals surface area contributed by atoms with Crippen molar-refractivity contribution in [2.45, 2.75) is 26.1 Å². The summed E-state index contributed by atoms with van der Waals surface area (Å²) < 4.78 is 25.9. The molecule has 0 fully saturated rings. The van der Waals surface area contributed by atoms with Gasteiger partial charge in [0.05, 0.1) is 6.54 Å². The molecule has 104 valence electrons. The summed E-state index contributed by atoms with van der Waals surface area (Å²) in [6.07, 6.45) is 0.559. The van der Waals surface area contributed by atoms with Gasteiger partial charge < -0.3 is 5.73 Å². The fourth-order valence-corrected chi connectivity index (χ4v) is 2.42. The molecule has 0 aliphatic heterocycles. The Morgan fingerprint density at radius 2 is 2.21 bits per heavy atom. The molecule has 0 amide bonds. The lowest BCUT2D eigenvalue weighted by Crippen LogP contribution is -2.21. The van der Waals surface area contributed by atoms with E-state index < -0.39 is 13.0 Å². The van der Waals surface area contributed by atoms with Gasteiger partial charge in [0.15, 0.2) is 5.13 Å². The molecule has 0 unspecified atom stereocenters. The molecule has 0 saturated carbocycles. The van der Waals surface area contributed by atoms with Crippen molar-refractivity contribution < 1.29 is 8.78 Å². The van der Waals surface area contributed by atoms with Crippen molar-refractivity contribution in [1.29, 1.82) is 0 Å². The molecule has 2 N–H and O–H groups in total. The average molecular weight is 288 g/mol. The Labute approximate surface area is 112 Å². The summed E-state index contributed by atoms with van der Waals surface area (Å²) >= 11 is 1.41. The lowest BCUT2D eigenvalue weighted by molar-refractivity contribution is 0.119. The molecular formula is C10H14F2N6S. The Hall–Kier alpha value is -1.61. The Balaban J connectivity index is 1.95. The fraction of sp³-hybridized carbons (Fsp3) is 0.500. The van der Waals surface area contributed by atoms with E-state index in [1.165, 1.54) is 22.3 Å². The number of nitrogens with two attached hydrogens (primary N) is 1. The van der Waals surface area contributed by atoms with Gasteiger partial charge in [-0.25, -0.2) is 23.4 Å². The monoisotopic (exact) mass is 288 g/mol. The van der Waals surface area contributed by atoms with Crippen LogP contribution in [0.2, 0.25) is 0 Å². The molecule has 2 aromatic heterocycles. The molecule has 2 heterocycles. The zero-order chi connectivity index (χ0) is 13.8. The molecule has 0 radical (unpaired) electrons. The van der Waals surface area contributed by atoms with E-state index in [0.717, 1.165) is 4.88 Å². The van der Waals surface area contributed by atoms with Crippen molar-refractivity contribution in [3.05, 3.63) is 23.2 Å². The number of anilines is 1. The van der Waals surface area contributed by atoms with Crippen LogP contribution in [0.3, 0.4) is 0 Å². The van der Waals surface area contributed by atoms with Gasteiger partial charge in [0, 0.05) is 17.6 Å². The first-order chi connectivity index (χ1) is 9.04. The van der Waals surface area contributed by atoms with Crippen LogP contribution in [-0.2, 0) is 19.6 Å². The van der Waals surface area contributed by atoms with Gasteiger partial charge in [-0.2, -0.15) is 5.10 Å². The van der Waals surface area contributed by atoms with Gasteiger partial charge in [0.1, 0.15) is 18.7 Å². The average Bonchev–Trinajstić information content (AvgIpc) is 2.88. The number of nitrogen functional groups attached to an aromatic ring is 1. The molecule has 0 saturated heterocycles. The number of alkyl halides is 2. The summed E-state index contributed by atoms with van der Waals surface area (Å²) in [7, 11) is 1.87. The Morgan fingerprint density at radius 1 is 1.42 bits per heavy atom. The molecule has 6 nitrogen and oxygen atoms in total. The molecule has 0 aliphatic rings. The molecule has 2 rings (SSSR count). The van der Waals surface area contributed by atoms with Crippen molar-refractivity contribution in [2.24, 2.45) is 0 Å². The van der Waals surface area contributed by atoms with Crippen LogP contribution in [0.4, 0.5) is 13.9 Å². The number of aromatic nitrogens is 4. The zero-order valence-electron chi connectivity index (χ0n) is 10.3. The standard InChI is InChI=1S/C10H14F2N6S/c1-17(3-7-2-14-10(13)19-7)5-9-15-6-16-18(9)4-8(11)12/h2,6,8H,3-5H2,1H3,(H2,13,14). The van der Waals surface area contributed by atoms with Gasteiger partial charge in [-0.3, -0.25) is 4.90 Å². The van der Waals surface area contributed by atoms with E-state index in [2.05, 4.69) is 15.1 Å². The first-order valence-corrected chi connectivity index (χ1v) is 6.40. The van der Waals surface area contributed by atoms with Crippen molar-refractivity contribution in [3.63, 3.8) is 0 Å². The highest BCUT2D eigenvalue weighted by atomic mass is 32.1. The van der Waals surface area contributed by atoms with Crippen LogP contribution in [0.15, 0.2) is 12.5 Å². The van der Waals surface area contributed by atoms with Gasteiger partial charge in [0.25, 0.3) is 6.43 Å². The number of nitrogens with zero attached hydrogens (tertiary/aromatic N) is 5. The number of hydrogen-bond donors (Lipinski definition) is 1. The molecule has 2 aromatic rings. The van der Waals surface area contributed by atoms with Crippen LogP contribution in [0.5, 0.6) is 0 Å². The third-order valence-electron chi connectivity index (χ3n) is 2.42. The predicted molar refractivity (Wildman–Crippen MR) is 67.7 cm³/mol. The van der Waals surface area contributed by atoms with Gasteiger partial charge in [-0.1, -0.05) is 0 Å². The summed E-state index contributed by atoms with van der Waals surface area (Å²) in [6.45, 7) is 0.637. The summed E-state index contributed by atoms with van der Waals surface area (Å²) in [5, 5.41) is 4.31. The van der Waals surface area contributed by atoms with Gasteiger partial charge in [0.2, 0.25) is 0 Å². The first kappa shape index (κ1) is 13.8. The summed E-state index contributed by atoms with van der Waals surface area (Å²) in [6, 6.07) is 0. The highest BCUT2D eigenvalue weighted by molar-refractivity contribution is 7.15. The molecule has 0 spiro atoms. The second kappa shape index (κ2) is 6.02. The van der Waals surface area contributed by atoms with Gasteiger partial charge in [-0.15, -0.1) is 11.3 Å². The largest absolute Gasteiger partial charge is 0.375 e. The minimum atomic E-state index is -2.44. The summed E-state index contributed by atoms with van der Waals surface area (Å²) in [5.74, 6) is 0.514. The van der Waals surface area contributed by atoms with E-state index in [-0.39, 0.29) is 0 Å². The molecule has 9 heteroatoms. The first-order valence-electron chi connectivity index (χ1n) is 5.58. The van der Waals surface area contributed by atoms with E-state index >= 15 is 0 Å². The fourth-order valence-electron chi connectivity index (χ4n) is 1.65. The predicted octanol–water partition coefficient (Wildman–Crippen LogP) is 1.21. The zero-order valence-corrected chi connectivity index (χ0v) is 11.1. The highest BCUT2D eigenvalue weighted by Gasteiger charge is 2.12. The van der Waals surface area contributed by atoms with Crippen LogP contribution in [0, 0.1) is 0 Å². The maximum Gasteiger partial charge on any atom is 0.257 e. The van der Waals surface area contributed by atoms with Crippen molar-refractivity contribution >= 4 is 16.5 Å². The van der Waals surface area contributed by atoms with E-state index in [0.29, 0.717) is 24.0 Å². The quantitative estimate of drug-likeness (QED) is 0.865. The SMILES string of the molecule is CN(Cc1cnc(N)s1)Cc1ncnn1CC(F)F. The maximum atomic E-state index is 12.3.